The molecule has 58 valence electrons. The van der Waals surface area contributed by atoms with Crippen molar-refractivity contribution in [3.63, 3.8) is 0 Å². The van der Waals surface area contributed by atoms with Gasteiger partial charge in [0.25, 0.3) is 0 Å². The maximum Gasteiger partial charge on any atom is 0.165 e. The lowest BCUT2D eigenvalue weighted by atomic mass is 10.8. The molecule has 0 spiro atoms. The van der Waals surface area contributed by atoms with Crippen LogP contribution in [0.5, 0.6) is 0 Å². The van der Waals surface area contributed by atoms with E-state index in [1.807, 2.05) is 0 Å². The largest absolute Gasteiger partial charge is 0.400 e. The number of halogens is 2. The van der Waals surface area contributed by atoms with Crippen LogP contribution in [0.25, 0.3) is 0 Å². The highest BCUT2D eigenvalue weighted by Gasteiger charge is 1.88. The summed E-state index contributed by atoms with van der Waals surface area (Å²) in [6.45, 7) is 0. The first kappa shape index (κ1) is 16.1. The summed E-state index contributed by atoms with van der Waals surface area (Å²) in [5.41, 5.74) is -0.551. The van der Waals surface area contributed by atoms with Gasteiger partial charge in [0, 0.05) is 20.4 Å². The van der Waals surface area contributed by atoms with E-state index in [-0.39, 0.29) is 12.4 Å². The van der Waals surface area contributed by atoms with E-state index < -0.39 is 5.56 Å². The summed E-state index contributed by atoms with van der Waals surface area (Å²) >= 11 is 5.18. The van der Waals surface area contributed by atoms with Gasteiger partial charge in [-0.2, -0.15) is 0 Å². The number of hydrogen-bond acceptors (Lipinski definition) is 3. The highest BCUT2D eigenvalue weighted by atomic mass is 35.5. The van der Waals surface area contributed by atoms with Gasteiger partial charge in [0.05, 0.1) is 0 Å². The van der Waals surface area contributed by atoms with Crippen LogP contribution in [-0.4, -0.2) is 31.1 Å². The van der Waals surface area contributed by atoms with Crippen LogP contribution in [0.15, 0.2) is 0 Å². The van der Waals surface area contributed by atoms with Gasteiger partial charge < -0.3 is 15.3 Å². The molecule has 0 radical (unpaired) electrons. The molecule has 0 aliphatic carbocycles. The Bertz CT molecular complexity index is 53.8. The number of aliphatic hydroxyl groups is 1. The minimum absolute atomic E-state index is 0. The molecule has 0 amide bonds. The third kappa shape index (κ3) is 17.9. The Hall–Kier alpha value is 0.170. The van der Waals surface area contributed by atoms with Gasteiger partial charge in [0.2, 0.25) is 0 Å². The van der Waals surface area contributed by atoms with Crippen LogP contribution < -0.4 is 0 Å². The highest BCUT2D eigenvalue weighted by Crippen LogP contribution is 1.87. The fourth-order valence-electron chi connectivity index (χ4n) is 0.0680. The number of methoxy groups -OCH3 is 1. The van der Waals surface area contributed by atoms with Gasteiger partial charge in [-0.15, -0.1) is 12.4 Å². The van der Waals surface area contributed by atoms with Gasteiger partial charge in [-0.25, -0.2) is 0 Å². The van der Waals surface area contributed by atoms with Gasteiger partial charge in [0.15, 0.2) is 5.56 Å². The molecule has 0 aromatic carbocycles. The van der Waals surface area contributed by atoms with E-state index in [1.165, 1.54) is 7.11 Å². The van der Waals surface area contributed by atoms with Gasteiger partial charge in [-0.1, -0.05) is 11.6 Å². The fraction of sp³-hybridized carbons (Fsp3) is 0.750. The Balaban J connectivity index is -0.000000109. The summed E-state index contributed by atoms with van der Waals surface area (Å²) in [4.78, 5) is 0. The van der Waals surface area contributed by atoms with Crippen molar-refractivity contribution in [3.05, 3.63) is 0 Å². The van der Waals surface area contributed by atoms with Crippen molar-refractivity contribution < 1.29 is 9.84 Å². The fourth-order valence-corrected chi connectivity index (χ4v) is 0.0680. The zero-order valence-corrected chi connectivity index (χ0v) is 6.87. The molecule has 0 aromatic rings. The molecule has 2 N–H and O–H groups in total. The molecule has 0 rings (SSSR count). The van der Waals surface area contributed by atoms with Crippen molar-refractivity contribution in [2.24, 2.45) is 0 Å². The number of alkyl halides is 1. The second kappa shape index (κ2) is 15.7. The molecule has 0 heterocycles. The van der Waals surface area contributed by atoms with Crippen molar-refractivity contribution in [2.75, 3.05) is 14.2 Å². The summed E-state index contributed by atoms with van der Waals surface area (Å²) in [5, 5.41) is 13.4. The number of nitrogens with one attached hydrogen (secondary N) is 1. The predicted octanol–water partition coefficient (Wildman–Crippen LogP) is 0.878. The van der Waals surface area contributed by atoms with Crippen molar-refractivity contribution in [2.45, 2.75) is 5.56 Å². The van der Waals surface area contributed by atoms with Crippen LogP contribution >= 0.6 is 24.0 Å². The Morgan fingerprint density at radius 2 is 2.00 bits per heavy atom. The lowest BCUT2D eigenvalue weighted by Gasteiger charge is -1.93. The molecule has 0 saturated heterocycles. The second-order valence-electron chi connectivity index (χ2n) is 0.754. The molecule has 1 unspecified atom stereocenters. The molecule has 9 heavy (non-hydrogen) atoms. The van der Waals surface area contributed by atoms with Gasteiger partial charge >= 0.3 is 0 Å². The Kier molecular flexibility index (Phi) is 28.1. The van der Waals surface area contributed by atoms with Gasteiger partial charge in [-0.05, 0) is 0 Å². The zero-order valence-electron chi connectivity index (χ0n) is 5.30. The molecule has 0 aliphatic heterocycles. The highest BCUT2D eigenvalue weighted by molar-refractivity contribution is 6.26. The third-order valence-corrected chi connectivity index (χ3v) is 0.660. The average molecular weight is 176 g/mol. The monoisotopic (exact) mass is 175 g/mol. The third-order valence-electron chi connectivity index (χ3n) is 0.356. The second-order valence-corrected chi connectivity index (χ2v) is 1.18. The summed E-state index contributed by atoms with van der Waals surface area (Å²) in [5.74, 6) is 0. The number of ether oxygens (including phenoxy) is 1. The van der Waals surface area contributed by atoms with E-state index in [0.29, 0.717) is 0 Å². The quantitative estimate of drug-likeness (QED) is 0.484. The molecule has 0 fully saturated rings. The van der Waals surface area contributed by atoms with Gasteiger partial charge in [-0.3, -0.25) is 0 Å². The average Bonchev–Trinajstić information content (AvgIpc) is 1.91. The van der Waals surface area contributed by atoms with Crippen molar-refractivity contribution in [1.82, 2.24) is 0 Å². The van der Waals surface area contributed by atoms with Gasteiger partial charge in [0.1, 0.15) is 0 Å². The number of rotatable bonds is 2. The van der Waals surface area contributed by atoms with E-state index in [1.54, 1.807) is 0 Å². The standard InChI is InChI=1S/C3H6ClNO.CH4O.ClH/c1-6-3(4)2-5;1-2;/h2-3,5H,1H3;2H,1H3;1H. The first-order valence-electron chi connectivity index (χ1n) is 1.93. The summed E-state index contributed by atoms with van der Waals surface area (Å²) in [6, 6.07) is 0. The van der Waals surface area contributed by atoms with E-state index in [4.69, 9.17) is 22.1 Å². The van der Waals surface area contributed by atoms with Crippen LogP contribution in [0.3, 0.4) is 0 Å². The molecule has 5 heteroatoms. The molecule has 3 nitrogen and oxygen atoms in total. The normalized spacial score (nSPS) is 9.78. The van der Waals surface area contributed by atoms with Crippen molar-refractivity contribution in [3.8, 4) is 0 Å². The van der Waals surface area contributed by atoms with Crippen molar-refractivity contribution in [1.29, 1.82) is 5.41 Å². The molecule has 0 saturated carbocycles. The maximum absolute atomic E-state index is 7.00. The predicted molar refractivity (Wildman–Crippen MR) is 40.8 cm³/mol. The molecule has 0 aliphatic rings. The molecular weight excluding hydrogens is 165 g/mol. The first-order chi connectivity index (χ1) is 3.81. The minimum atomic E-state index is -0.551. The molecule has 1 atom stereocenters. The summed E-state index contributed by atoms with van der Waals surface area (Å²) in [7, 11) is 2.45. The summed E-state index contributed by atoms with van der Waals surface area (Å²) < 4.78 is 4.42. The number of aliphatic hydroxyl groups excluding tert-OH is 1. The minimum Gasteiger partial charge on any atom is -0.400 e. The molecular formula is C4H11Cl2NO2. The zero-order chi connectivity index (χ0) is 6.99. The maximum atomic E-state index is 7.00. The van der Waals surface area contributed by atoms with Crippen molar-refractivity contribution >= 4 is 30.2 Å². The molecule has 0 bridgehead atoms. The Labute approximate surface area is 65.9 Å². The van der Waals surface area contributed by atoms with E-state index in [0.717, 1.165) is 13.3 Å². The number of hydrogen-bond donors (Lipinski definition) is 2. The van der Waals surface area contributed by atoms with Crippen LogP contribution in [0.1, 0.15) is 0 Å². The summed E-state index contributed by atoms with van der Waals surface area (Å²) in [6.07, 6.45) is 1.02. The van der Waals surface area contributed by atoms with E-state index in [2.05, 4.69) is 4.74 Å². The lowest BCUT2D eigenvalue weighted by Crippen LogP contribution is -1.99. The van der Waals surface area contributed by atoms with Crippen LogP contribution in [-0.2, 0) is 4.74 Å². The SMILES string of the molecule is CO.COC(Cl)C=N.Cl. The van der Waals surface area contributed by atoms with Crippen LogP contribution in [0.4, 0.5) is 0 Å². The Morgan fingerprint density at radius 3 is 2.00 bits per heavy atom. The van der Waals surface area contributed by atoms with Crippen LogP contribution in [0.2, 0.25) is 0 Å². The van der Waals surface area contributed by atoms with Crippen LogP contribution in [0, 0.1) is 5.41 Å². The Morgan fingerprint density at radius 1 is 1.67 bits per heavy atom. The molecule has 0 aromatic heterocycles. The van der Waals surface area contributed by atoms with E-state index in [9.17, 15) is 0 Å². The topological polar surface area (TPSA) is 53.3 Å². The first-order valence-corrected chi connectivity index (χ1v) is 2.37. The lowest BCUT2D eigenvalue weighted by molar-refractivity contribution is 0.218. The van der Waals surface area contributed by atoms with E-state index >= 15 is 0 Å². The smallest absolute Gasteiger partial charge is 0.165 e.